The quantitative estimate of drug-likeness (QED) is 0.814. The maximum Gasteiger partial charge on any atom is 0.0397 e. The largest absolute Gasteiger partial charge is 0.371 e. The minimum atomic E-state index is 0.965. The van der Waals surface area contributed by atoms with Crippen molar-refractivity contribution in [1.29, 1.82) is 0 Å². The molecule has 0 saturated carbocycles. The molecule has 0 amide bonds. The van der Waals surface area contributed by atoms with E-state index in [-0.39, 0.29) is 0 Å². The highest BCUT2D eigenvalue weighted by atomic mass is 15.1. The zero-order chi connectivity index (χ0) is 13.1. The predicted octanol–water partition coefficient (Wildman–Crippen LogP) is 2.64. The van der Waals surface area contributed by atoms with Crippen LogP contribution in [0.4, 0.5) is 5.69 Å². The Balaban J connectivity index is 1.52. The van der Waals surface area contributed by atoms with Crippen LogP contribution < -0.4 is 4.90 Å². The van der Waals surface area contributed by atoms with Gasteiger partial charge in [-0.05, 0) is 69.8 Å². The molecule has 2 aliphatic rings. The third-order valence-corrected chi connectivity index (χ3v) is 5.00. The zero-order valence-electron chi connectivity index (χ0n) is 12.0. The first kappa shape index (κ1) is 12.9. The second-order valence-corrected chi connectivity index (χ2v) is 6.17. The number of nitrogens with zero attached hydrogens (tertiary/aromatic N) is 3. The Bertz CT molecular complexity index is 376. The van der Waals surface area contributed by atoms with Crippen molar-refractivity contribution in [2.75, 3.05) is 38.1 Å². The van der Waals surface area contributed by atoms with E-state index in [4.69, 9.17) is 0 Å². The van der Waals surface area contributed by atoms with Crippen molar-refractivity contribution in [3.63, 3.8) is 0 Å². The van der Waals surface area contributed by atoms with Crippen molar-refractivity contribution in [1.82, 2.24) is 9.88 Å². The lowest BCUT2D eigenvalue weighted by Gasteiger charge is -2.40. The maximum atomic E-state index is 4.10. The van der Waals surface area contributed by atoms with Gasteiger partial charge in [-0.2, -0.15) is 0 Å². The molecule has 0 aromatic carbocycles. The number of rotatable bonds is 2. The monoisotopic (exact) mass is 259 g/mol. The maximum absolute atomic E-state index is 4.10. The molecule has 0 aliphatic carbocycles. The summed E-state index contributed by atoms with van der Waals surface area (Å²) in [6.45, 7) is 5.05. The van der Waals surface area contributed by atoms with Crippen molar-refractivity contribution in [3.05, 3.63) is 24.5 Å². The molecular weight excluding hydrogens is 234 g/mol. The highest BCUT2D eigenvalue weighted by Crippen LogP contribution is 2.33. The van der Waals surface area contributed by atoms with E-state index in [2.05, 4.69) is 34.0 Å². The van der Waals surface area contributed by atoms with Crippen LogP contribution >= 0.6 is 0 Å². The van der Waals surface area contributed by atoms with Gasteiger partial charge in [-0.3, -0.25) is 4.98 Å². The number of anilines is 1. The summed E-state index contributed by atoms with van der Waals surface area (Å²) in [4.78, 5) is 9.10. The summed E-state index contributed by atoms with van der Waals surface area (Å²) in [6.07, 6.45) is 9.37. The van der Waals surface area contributed by atoms with Crippen molar-refractivity contribution in [2.24, 2.45) is 11.8 Å². The molecule has 3 heteroatoms. The number of hydrogen-bond donors (Lipinski definition) is 0. The van der Waals surface area contributed by atoms with Gasteiger partial charge in [-0.15, -0.1) is 0 Å². The van der Waals surface area contributed by atoms with Gasteiger partial charge >= 0.3 is 0 Å². The molecule has 2 fully saturated rings. The molecule has 104 valence electrons. The van der Waals surface area contributed by atoms with E-state index in [1.54, 1.807) is 0 Å². The van der Waals surface area contributed by atoms with Crippen LogP contribution in [0.2, 0.25) is 0 Å². The molecule has 0 unspecified atom stereocenters. The molecule has 3 rings (SSSR count). The van der Waals surface area contributed by atoms with Gasteiger partial charge in [-0.1, -0.05) is 0 Å². The first-order valence-corrected chi connectivity index (χ1v) is 7.66. The molecule has 0 N–H and O–H groups in total. The van der Waals surface area contributed by atoms with Crippen LogP contribution in [0, 0.1) is 11.8 Å². The lowest BCUT2D eigenvalue weighted by Crippen LogP contribution is -2.39. The minimum Gasteiger partial charge on any atom is -0.371 e. The Morgan fingerprint density at radius 1 is 0.895 bits per heavy atom. The van der Waals surface area contributed by atoms with Gasteiger partial charge in [0.1, 0.15) is 0 Å². The first-order chi connectivity index (χ1) is 9.33. The lowest BCUT2D eigenvalue weighted by atomic mass is 9.79. The Labute approximate surface area is 116 Å². The summed E-state index contributed by atoms with van der Waals surface area (Å²) in [5, 5.41) is 0. The second kappa shape index (κ2) is 5.91. The van der Waals surface area contributed by atoms with Crippen LogP contribution in [0.25, 0.3) is 0 Å². The number of aromatic nitrogens is 1. The molecule has 1 aromatic heterocycles. The van der Waals surface area contributed by atoms with E-state index in [0.29, 0.717) is 0 Å². The molecule has 19 heavy (non-hydrogen) atoms. The molecule has 3 nitrogen and oxygen atoms in total. The highest BCUT2D eigenvalue weighted by molar-refractivity contribution is 5.44. The summed E-state index contributed by atoms with van der Waals surface area (Å²) in [5.41, 5.74) is 1.34. The lowest BCUT2D eigenvalue weighted by molar-refractivity contribution is 0.154. The van der Waals surface area contributed by atoms with Crippen molar-refractivity contribution in [3.8, 4) is 0 Å². The summed E-state index contributed by atoms with van der Waals surface area (Å²) < 4.78 is 0. The third-order valence-electron chi connectivity index (χ3n) is 5.00. The van der Waals surface area contributed by atoms with E-state index in [0.717, 1.165) is 11.8 Å². The third kappa shape index (κ3) is 3.08. The van der Waals surface area contributed by atoms with E-state index in [1.807, 2.05) is 12.4 Å². The van der Waals surface area contributed by atoms with Crippen molar-refractivity contribution in [2.45, 2.75) is 25.7 Å². The van der Waals surface area contributed by atoms with Crippen molar-refractivity contribution < 1.29 is 0 Å². The van der Waals surface area contributed by atoms with Gasteiger partial charge in [-0.25, -0.2) is 0 Å². The molecule has 1 aromatic rings. The highest BCUT2D eigenvalue weighted by Gasteiger charge is 2.28. The SMILES string of the molecule is CN1CCC(C2CCN(c3ccncc3)CC2)CC1. The molecule has 0 atom stereocenters. The summed E-state index contributed by atoms with van der Waals surface area (Å²) >= 11 is 0. The summed E-state index contributed by atoms with van der Waals surface area (Å²) in [6, 6.07) is 4.27. The fraction of sp³-hybridized carbons (Fsp3) is 0.688. The molecule has 0 spiro atoms. The minimum absolute atomic E-state index is 0.965. The van der Waals surface area contributed by atoms with Crippen LogP contribution in [0.15, 0.2) is 24.5 Å². The molecular formula is C16H25N3. The topological polar surface area (TPSA) is 19.4 Å². The predicted molar refractivity (Wildman–Crippen MR) is 79.4 cm³/mol. The zero-order valence-corrected chi connectivity index (χ0v) is 12.0. The van der Waals surface area contributed by atoms with Gasteiger partial charge in [0.25, 0.3) is 0 Å². The van der Waals surface area contributed by atoms with Crippen LogP contribution in [0.3, 0.4) is 0 Å². The Morgan fingerprint density at radius 2 is 1.42 bits per heavy atom. The molecule has 2 saturated heterocycles. The fourth-order valence-electron chi connectivity index (χ4n) is 3.68. The standard InChI is InChI=1S/C16H25N3/c1-18-10-4-14(5-11-18)15-6-12-19(13-7-15)16-2-8-17-9-3-16/h2-3,8-9,14-15H,4-7,10-13H2,1H3. The van der Waals surface area contributed by atoms with E-state index in [9.17, 15) is 0 Å². The van der Waals surface area contributed by atoms with Crippen LogP contribution in [-0.2, 0) is 0 Å². The van der Waals surface area contributed by atoms with Crippen LogP contribution in [-0.4, -0.2) is 43.1 Å². The molecule has 0 bridgehead atoms. The normalized spacial score (nSPS) is 23.7. The molecule has 0 radical (unpaired) electrons. The second-order valence-electron chi connectivity index (χ2n) is 6.17. The number of hydrogen-bond acceptors (Lipinski definition) is 3. The van der Waals surface area contributed by atoms with Crippen molar-refractivity contribution >= 4 is 5.69 Å². The average molecular weight is 259 g/mol. The van der Waals surface area contributed by atoms with Crippen LogP contribution in [0.5, 0.6) is 0 Å². The smallest absolute Gasteiger partial charge is 0.0397 e. The van der Waals surface area contributed by atoms with Gasteiger partial charge in [0.15, 0.2) is 0 Å². The van der Waals surface area contributed by atoms with E-state index < -0.39 is 0 Å². The van der Waals surface area contributed by atoms with Gasteiger partial charge in [0.2, 0.25) is 0 Å². The van der Waals surface area contributed by atoms with Gasteiger partial charge in [0.05, 0.1) is 0 Å². The number of piperidine rings is 2. The fourth-order valence-corrected chi connectivity index (χ4v) is 3.68. The first-order valence-electron chi connectivity index (χ1n) is 7.66. The number of likely N-dealkylation sites (tertiary alicyclic amines) is 1. The van der Waals surface area contributed by atoms with Crippen LogP contribution in [0.1, 0.15) is 25.7 Å². The molecule has 3 heterocycles. The Kier molecular flexibility index (Phi) is 4.02. The molecule has 2 aliphatic heterocycles. The van der Waals surface area contributed by atoms with Gasteiger partial charge in [0, 0.05) is 31.2 Å². The summed E-state index contributed by atoms with van der Waals surface area (Å²) in [5.74, 6) is 1.95. The van der Waals surface area contributed by atoms with Gasteiger partial charge < -0.3 is 9.80 Å². The number of pyridine rings is 1. The Hall–Kier alpha value is -1.09. The average Bonchev–Trinajstić information content (AvgIpc) is 2.49. The van der Waals surface area contributed by atoms with E-state index in [1.165, 1.54) is 57.5 Å². The summed E-state index contributed by atoms with van der Waals surface area (Å²) in [7, 11) is 2.25. The Morgan fingerprint density at radius 3 is 2.00 bits per heavy atom. The van der Waals surface area contributed by atoms with E-state index >= 15 is 0 Å².